The van der Waals surface area contributed by atoms with Crippen molar-refractivity contribution < 1.29 is 4.79 Å². The molecule has 2 aromatic carbocycles. The van der Waals surface area contributed by atoms with Crippen LogP contribution in [-0.4, -0.2) is 25.3 Å². The number of nitrogens with zero attached hydrogens (tertiary/aromatic N) is 4. The summed E-state index contributed by atoms with van der Waals surface area (Å²) in [6.45, 7) is 0.158. The van der Waals surface area contributed by atoms with Gasteiger partial charge in [0.15, 0.2) is 5.65 Å². The predicted octanol–water partition coefficient (Wildman–Crippen LogP) is 3.01. The molecule has 0 aliphatic carbocycles. The molecule has 0 atom stereocenters. The Morgan fingerprint density at radius 1 is 1.00 bits per heavy atom. The van der Waals surface area contributed by atoms with E-state index in [-0.39, 0.29) is 12.5 Å². The van der Waals surface area contributed by atoms with Crippen LogP contribution >= 0.6 is 23.4 Å². The lowest BCUT2D eigenvalue weighted by atomic mass is 10.2. The van der Waals surface area contributed by atoms with E-state index in [1.807, 2.05) is 42.5 Å². The number of hydrogen-bond donors (Lipinski definition) is 1. The van der Waals surface area contributed by atoms with E-state index in [0.29, 0.717) is 22.2 Å². The smallest absolute Gasteiger partial charge is 0.350 e. The lowest BCUT2D eigenvalue weighted by Crippen LogP contribution is -2.32. The van der Waals surface area contributed by atoms with Gasteiger partial charge in [-0.05, 0) is 42.0 Å². The van der Waals surface area contributed by atoms with Crippen LogP contribution in [0.3, 0.4) is 0 Å². The number of fused-ring (bicyclic) bond motifs is 1. The number of aromatic nitrogens is 4. The third-order valence-corrected chi connectivity index (χ3v) is 5.26. The molecule has 0 fully saturated rings. The molecule has 1 N–H and O–H groups in total. The van der Waals surface area contributed by atoms with Crippen LogP contribution in [0.15, 0.2) is 81.4 Å². The van der Waals surface area contributed by atoms with E-state index in [2.05, 4.69) is 15.5 Å². The highest BCUT2D eigenvalue weighted by molar-refractivity contribution is 7.99. The van der Waals surface area contributed by atoms with Crippen LogP contribution in [0.1, 0.15) is 5.56 Å². The molecular weight excluding hydrogens is 410 g/mol. The summed E-state index contributed by atoms with van der Waals surface area (Å²) in [5.41, 5.74) is 0.837. The maximum atomic E-state index is 12.6. The van der Waals surface area contributed by atoms with Crippen molar-refractivity contribution in [1.29, 1.82) is 0 Å². The first-order chi connectivity index (χ1) is 14.1. The predicted molar refractivity (Wildman–Crippen MR) is 111 cm³/mol. The van der Waals surface area contributed by atoms with Crippen LogP contribution < -0.4 is 11.0 Å². The minimum absolute atomic E-state index is 0.184. The lowest BCUT2D eigenvalue weighted by molar-refractivity contribution is -0.122. The summed E-state index contributed by atoms with van der Waals surface area (Å²) in [6.07, 6.45) is 0. The van der Waals surface area contributed by atoms with E-state index < -0.39 is 5.69 Å². The molecule has 0 unspecified atom stereocenters. The minimum Gasteiger partial charge on any atom is -0.350 e. The minimum atomic E-state index is -0.461. The highest BCUT2D eigenvalue weighted by Gasteiger charge is 2.12. The Bertz CT molecular complexity index is 1210. The van der Waals surface area contributed by atoms with Gasteiger partial charge < -0.3 is 5.32 Å². The molecule has 4 rings (SSSR count). The zero-order valence-corrected chi connectivity index (χ0v) is 16.7. The van der Waals surface area contributed by atoms with Crippen molar-refractivity contribution in [3.05, 3.63) is 87.8 Å². The van der Waals surface area contributed by atoms with Gasteiger partial charge in [-0.3, -0.25) is 4.79 Å². The van der Waals surface area contributed by atoms with Gasteiger partial charge in [-0.25, -0.2) is 9.48 Å². The van der Waals surface area contributed by atoms with Crippen molar-refractivity contribution in [3.63, 3.8) is 0 Å². The van der Waals surface area contributed by atoms with Crippen molar-refractivity contribution in [2.24, 2.45) is 0 Å². The Labute approximate surface area is 175 Å². The normalized spacial score (nSPS) is 10.9. The summed E-state index contributed by atoms with van der Waals surface area (Å²) < 4.78 is 2.31. The Balaban J connectivity index is 1.46. The largest absolute Gasteiger partial charge is 0.367 e. The van der Waals surface area contributed by atoms with Gasteiger partial charge in [-0.1, -0.05) is 53.7 Å². The lowest BCUT2D eigenvalue weighted by Gasteiger charge is -2.04. The van der Waals surface area contributed by atoms with Crippen LogP contribution in [0.2, 0.25) is 5.02 Å². The van der Waals surface area contributed by atoms with Crippen LogP contribution in [0.5, 0.6) is 0 Å². The van der Waals surface area contributed by atoms with Gasteiger partial charge >= 0.3 is 5.69 Å². The van der Waals surface area contributed by atoms with E-state index in [0.717, 1.165) is 15.1 Å². The average Bonchev–Trinajstić information content (AvgIpc) is 3.03. The molecule has 2 aromatic heterocycles. The molecule has 146 valence electrons. The Morgan fingerprint density at radius 2 is 1.76 bits per heavy atom. The molecule has 9 heteroatoms. The molecule has 0 radical (unpaired) electrons. The van der Waals surface area contributed by atoms with Gasteiger partial charge in [0.25, 0.3) is 0 Å². The second-order valence-electron chi connectivity index (χ2n) is 6.20. The highest BCUT2D eigenvalue weighted by Crippen LogP contribution is 2.24. The number of benzene rings is 2. The molecule has 0 saturated carbocycles. The monoisotopic (exact) mass is 425 g/mol. The number of amides is 1. The number of rotatable bonds is 6. The van der Waals surface area contributed by atoms with Crippen molar-refractivity contribution in [3.8, 4) is 0 Å². The number of carbonyl (C=O) groups is 1. The fraction of sp³-hybridized carbons (Fsp3) is 0.100. The maximum absolute atomic E-state index is 12.6. The van der Waals surface area contributed by atoms with Crippen LogP contribution in [0, 0.1) is 0 Å². The first-order valence-corrected chi connectivity index (χ1v) is 9.99. The van der Waals surface area contributed by atoms with Gasteiger partial charge in [0, 0.05) is 16.5 Å². The first kappa shape index (κ1) is 19.2. The standard InChI is InChI=1S/C20H16ClN5O2S/c21-15-8-6-14(7-9-15)12-22-18(27)13-25-20(28)26-17(23-25)10-11-19(24-26)29-16-4-2-1-3-5-16/h1-11H,12-13H2,(H,22,27). The molecule has 0 saturated heterocycles. The zero-order chi connectivity index (χ0) is 20.2. The Kier molecular flexibility index (Phi) is 5.64. The van der Waals surface area contributed by atoms with E-state index in [1.54, 1.807) is 24.3 Å². The third-order valence-electron chi connectivity index (χ3n) is 4.08. The number of nitrogens with one attached hydrogen (secondary N) is 1. The molecule has 4 aromatic rings. The molecular formula is C20H16ClN5O2S. The Hall–Kier alpha value is -3.10. The summed E-state index contributed by atoms with van der Waals surface area (Å²) >= 11 is 7.30. The van der Waals surface area contributed by atoms with Crippen molar-refractivity contribution >= 4 is 34.9 Å². The summed E-state index contributed by atoms with van der Waals surface area (Å²) in [7, 11) is 0. The molecule has 0 spiro atoms. The number of hydrogen-bond acceptors (Lipinski definition) is 5. The molecule has 29 heavy (non-hydrogen) atoms. The van der Waals surface area contributed by atoms with Gasteiger partial charge in [-0.2, -0.15) is 9.61 Å². The number of carbonyl (C=O) groups excluding carboxylic acids is 1. The third kappa shape index (κ3) is 4.67. The van der Waals surface area contributed by atoms with E-state index >= 15 is 0 Å². The van der Waals surface area contributed by atoms with Gasteiger partial charge in [0.05, 0.1) is 0 Å². The first-order valence-electron chi connectivity index (χ1n) is 8.79. The summed E-state index contributed by atoms with van der Waals surface area (Å²) in [5.74, 6) is -0.315. The van der Waals surface area contributed by atoms with Crippen LogP contribution in [-0.2, 0) is 17.9 Å². The van der Waals surface area contributed by atoms with Crippen LogP contribution in [0.4, 0.5) is 0 Å². The Morgan fingerprint density at radius 3 is 2.52 bits per heavy atom. The zero-order valence-electron chi connectivity index (χ0n) is 15.2. The van der Waals surface area contributed by atoms with Crippen LogP contribution in [0.25, 0.3) is 5.65 Å². The molecule has 0 bridgehead atoms. The van der Waals surface area contributed by atoms with Gasteiger partial charge in [-0.15, -0.1) is 5.10 Å². The van der Waals surface area contributed by atoms with Crippen molar-refractivity contribution in [1.82, 2.24) is 24.7 Å². The molecule has 7 nitrogen and oxygen atoms in total. The summed E-state index contributed by atoms with van der Waals surface area (Å²) in [4.78, 5) is 25.8. The van der Waals surface area contributed by atoms with Gasteiger partial charge in [0.1, 0.15) is 11.6 Å². The average molecular weight is 426 g/mol. The second kappa shape index (κ2) is 8.50. The SMILES string of the molecule is O=C(Cn1nc2ccc(Sc3ccccc3)nn2c1=O)NCc1ccc(Cl)cc1. The second-order valence-corrected chi connectivity index (χ2v) is 7.73. The summed E-state index contributed by atoms with van der Waals surface area (Å²) in [5, 5.41) is 12.6. The maximum Gasteiger partial charge on any atom is 0.367 e. The molecule has 0 aliphatic heterocycles. The highest BCUT2D eigenvalue weighted by atomic mass is 35.5. The van der Waals surface area contributed by atoms with E-state index in [9.17, 15) is 9.59 Å². The fourth-order valence-electron chi connectivity index (χ4n) is 2.65. The fourth-order valence-corrected chi connectivity index (χ4v) is 3.57. The topological polar surface area (TPSA) is 81.3 Å². The van der Waals surface area contributed by atoms with Crippen molar-refractivity contribution in [2.75, 3.05) is 0 Å². The summed E-state index contributed by atoms with van der Waals surface area (Å²) in [6, 6.07) is 20.4. The van der Waals surface area contributed by atoms with E-state index in [1.165, 1.54) is 16.3 Å². The quantitative estimate of drug-likeness (QED) is 0.513. The van der Waals surface area contributed by atoms with Gasteiger partial charge in [0.2, 0.25) is 5.91 Å². The molecule has 0 aliphatic rings. The molecule has 2 heterocycles. The van der Waals surface area contributed by atoms with Crippen molar-refractivity contribution in [2.45, 2.75) is 23.0 Å². The number of halogens is 1. The molecule has 1 amide bonds. The van der Waals surface area contributed by atoms with E-state index in [4.69, 9.17) is 11.6 Å².